The van der Waals surface area contributed by atoms with Crippen LogP contribution in [0.2, 0.25) is 0 Å². The van der Waals surface area contributed by atoms with E-state index in [1.165, 1.54) is 0 Å². The van der Waals surface area contributed by atoms with Gasteiger partial charge in [0.1, 0.15) is 0 Å². The lowest BCUT2D eigenvalue weighted by atomic mass is 10.3. The van der Waals surface area contributed by atoms with E-state index in [1.807, 2.05) is 18.8 Å². The van der Waals surface area contributed by atoms with Crippen molar-refractivity contribution in [2.75, 3.05) is 0 Å². The first-order valence-electron chi connectivity index (χ1n) is 5.94. The summed E-state index contributed by atoms with van der Waals surface area (Å²) in [5, 5.41) is 14.9. The van der Waals surface area contributed by atoms with Crippen LogP contribution in [0.3, 0.4) is 0 Å². The second-order valence-corrected chi connectivity index (χ2v) is 4.25. The van der Waals surface area contributed by atoms with E-state index < -0.39 is 21.9 Å². The van der Waals surface area contributed by atoms with Crippen molar-refractivity contribution in [3.05, 3.63) is 54.6 Å². The number of rotatable bonds is 4. The number of aryl methyl sites for hydroxylation is 2. The lowest BCUT2D eigenvalue weighted by Crippen LogP contribution is -2.31. The van der Waals surface area contributed by atoms with Gasteiger partial charge < -0.3 is 0 Å². The Morgan fingerprint density at radius 1 is 1.45 bits per heavy atom. The molecule has 2 aromatic rings. The fraction of sp³-hybridized carbons (Fsp3) is 0.364. The van der Waals surface area contributed by atoms with Crippen LogP contribution in [0.25, 0.3) is 0 Å². The summed E-state index contributed by atoms with van der Waals surface area (Å²) in [6, 6.07) is 1.78. The summed E-state index contributed by atoms with van der Waals surface area (Å²) < 4.78 is 2.78. The highest BCUT2D eigenvalue weighted by Gasteiger charge is 2.16. The Morgan fingerprint density at radius 3 is 2.75 bits per heavy atom. The van der Waals surface area contributed by atoms with Crippen molar-refractivity contribution >= 4 is 5.69 Å². The molecule has 0 saturated heterocycles. The minimum atomic E-state index is -1.00. The van der Waals surface area contributed by atoms with Crippen molar-refractivity contribution in [2.24, 2.45) is 0 Å². The molecule has 0 amide bonds. The Balaban J connectivity index is 2.48. The molecule has 0 spiro atoms. The first kappa shape index (κ1) is 13.7. The van der Waals surface area contributed by atoms with Gasteiger partial charge in [-0.1, -0.05) is 0 Å². The Morgan fingerprint density at radius 2 is 2.15 bits per heavy atom. The average Bonchev–Trinajstić information content (AvgIpc) is 2.72. The molecule has 0 fully saturated rings. The summed E-state index contributed by atoms with van der Waals surface area (Å²) >= 11 is 0. The van der Waals surface area contributed by atoms with Crippen molar-refractivity contribution in [2.45, 2.75) is 26.9 Å². The quantitative estimate of drug-likeness (QED) is 0.625. The molecule has 106 valence electrons. The van der Waals surface area contributed by atoms with Crippen LogP contribution in [0.5, 0.6) is 0 Å². The summed E-state index contributed by atoms with van der Waals surface area (Å²) in [6.07, 6.45) is 0.948. The molecule has 20 heavy (non-hydrogen) atoms. The second kappa shape index (κ2) is 5.11. The fourth-order valence-electron chi connectivity index (χ4n) is 1.92. The molecule has 0 aliphatic carbocycles. The van der Waals surface area contributed by atoms with Crippen LogP contribution in [0, 0.1) is 17.0 Å². The van der Waals surface area contributed by atoms with Crippen LogP contribution in [0.1, 0.15) is 18.3 Å². The third kappa shape index (κ3) is 2.51. The van der Waals surface area contributed by atoms with E-state index in [9.17, 15) is 19.7 Å². The van der Waals surface area contributed by atoms with Crippen LogP contribution in [-0.2, 0) is 13.1 Å². The molecule has 0 atom stereocenters. The monoisotopic (exact) mass is 279 g/mol. The topological polar surface area (TPSA) is 116 Å². The summed E-state index contributed by atoms with van der Waals surface area (Å²) in [5.74, 6) is 0. The van der Waals surface area contributed by atoms with E-state index in [1.54, 1.807) is 10.7 Å². The van der Waals surface area contributed by atoms with Gasteiger partial charge in [-0.05, 0) is 19.9 Å². The summed E-state index contributed by atoms with van der Waals surface area (Å²) in [5.41, 5.74) is -0.843. The number of nitrogens with zero attached hydrogens (tertiary/aromatic N) is 4. The van der Waals surface area contributed by atoms with Crippen molar-refractivity contribution in [1.82, 2.24) is 19.3 Å². The number of aromatic amines is 1. The van der Waals surface area contributed by atoms with Crippen LogP contribution >= 0.6 is 0 Å². The van der Waals surface area contributed by atoms with Gasteiger partial charge in [-0.2, -0.15) is 5.10 Å². The fourth-order valence-corrected chi connectivity index (χ4v) is 1.92. The zero-order valence-electron chi connectivity index (χ0n) is 11.0. The smallest absolute Gasteiger partial charge is 0.288 e. The number of aromatic nitrogens is 4. The third-order valence-corrected chi connectivity index (χ3v) is 2.81. The Kier molecular flexibility index (Phi) is 3.51. The second-order valence-electron chi connectivity index (χ2n) is 4.25. The van der Waals surface area contributed by atoms with Crippen LogP contribution in [0.15, 0.2) is 21.9 Å². The summed E-state index contributed by atoms with van der Waals surface area (Å²) in [7, 11) is 0. The highest BCUT2D eigenvalue weighted by Crippen LogP contribution is 2.06. The molecule has 0 saturated carbocycles. The third-order valence-electron chi connectivity index (χ3n) is 2.81. The number of nitro groups is 1. The summed E-state index contributed by atoms with van der Waals surface area (Å²) in [4.78, 5) is 34.8. The molecular weight excluding hydrogens is 266 g/mol. The van der Waals surface area contributed by atoms with Crippen LogP contribution in [-0.4, -0.2) is 24.3 Å². The molecular formula is C11H13N5O4. The van der Waals surface area contributed by atoms with Gasteiger partial charge in [-0.25, -0.2) is 4.79 Å². The average molecular weight is 279 g/mol. The maximum atomic E-state index is 11.7. The van der Waals surface area contributed by atoms with E-state index in [0.29, 0.717) is 6.54 Å². The van der Waals surface area contributed by atoms with E-state index >= 15 is 0 Å². The van der Waals surface area contributed by atoms with Crippen molar-refractivity contribution in [3.8, 4) is 0 Å². The molecule has 0 bridgehead atoms. The van der Waals surface area contributed by atoms with Gasteiger partial charge in [0.25, 0.3) is 0 Å². The van der Waals surface area contributed by atoms with Crippen LogP contribution < -0.4 is 11.2 Å². The maximum Gasteiger partial charge on any atom is 0.350 e. The first-order chi connectivity index (χ1) is 9.42. The zero-order chi connectivity index (χ0) is 14.9. The summed E-state index contributed by atoms with van der Waals surface area (Å²) in [6.45, 7) is 4.43. The van der Waals surface area contributed by atoms with Gasteiger partial charge in [-0.3, -0.25) is 29.1 Å². The highest BCUT2D eigenvalue weighted by molar-refractivity contribution is 5.21. The number of H-pyrrole nitrogens is 1. The van der Waals surface area contributed by atoms with Gasteiger partial charge in [0, 0.05) is 6.54 Å². The Hall–Kier alpha value is -2.71. The lowest BCUT2D eigenvalue weighted by molar-refractivity contribution is -0.386. The van der Waals surface area contributed by atoms with Crippen molar-refractivity contribution in [3.63, 3.8) is 0 Å². The maximum absolute atomic E-state index is 11.7. The minimum absolute atomic E-state index is 0.102. The normalized spacial score (nSPS) is 10.7. The molecule has 2 aromatic heterocycles. The van der Waals surface area contributed by atoms with Crippen LogP contribution in [0.4, 0.5) is 5.69 Å². The Labute approximate surface area is 112 Å². The zero-order valence-corrected chi connectivity index (χ0v) is 11.0. The Bertz CT molecular complexity index is 770. The first-order valence-corrected chi connectivity index (χ1v) is 5.94. The van der Waals surface area contributed by atoms with Gasteiger partial charge in [0.2, 0.25) is 0 Å². The molecule has 1 N–H and O–H groups in total. The van der Waals surface area contributed by atoms with Crippen molar-refractivity contribution in [1.29, 1.82) is 0 Å². The van der Waals surface area contributed by atoms with Gasteiger partial charge in [0.05, 0.1) is 29.1 Å². The predicted molar refractivity (Wildman–Crippen MR) is 69.7 cm³/mol. The molecule has 9 heteroatoms. The number of nitrogens with one attached hydrogen (secondary N) is 1. The van der Waals surface area contributed by atoms with Crippen molar-refractivity contribution < 1.29 is 4.92 Å². The molecule has 0 unspecified atom stereocenters. The van der Waals surface area contributed by atoms with E-state index in [0.717, 1.165) is 22.2 Å². The van der Waals surface area contributed by atoms with E-state index in [-0.39, 0.29) is 6.54 Å². The standard InChI is InChI=1S/C11H13N5O4/c1-3-15-8(4-7(2)13-15)5-14-6-9(16(19)20)10(17)12-11(14)18/h4,6H,3,5H2,1-2H3,(H,12,17,18). The molecule has 2 rings (SSSR count). The molecule has 9 nitrogen and oxygen atoms in total. The van der Waals surface area contributed by atoms with Gasteiger partial charge in [-0.15, -0.1) is 0 Å². The van der Waals surface area contributed by atoms with Gasteiger partial charge in [0.15, 0.2) is 0 Å². The number of hydrogen-bond donors (Lipinski definition) is 1. The molecule has 2 heterocycles. The van der Waals surface area contributed by atoms with E-state index in [4.69, 9.17) is 0 Å². The molecule has 0 aliphatic rings. The molecule has 0 aromatic carbocycles. The number of hydrogen-bond acceptors (Lipinski definition) is 5. The SMILES string of the molecule is CCn1nc(C)cc1Cn1cc([N+](=O)[O-])c(=O)[nH]c1=O. The highest BCUT2D eigenvalue weighted by atomic mass is 16.6. The lowest BCUT2D eigenvalue weighted by Gasteiger charge is -2.06. The van der Waals surface area contributed by atoms with E-state index in [2.05, 4.69) is 5.10 Å². The molecule has 0 aliphatic heterocycles. The van der Waals surface area contributed by atoms with Gasteiger partial charge >= 0.3 is 16.9 Å². The molecule has 0 radical (unpaired) electrons. The predicted octanol–water partition coefficient (Wildman–Crippen LogP) is 0.0179. The minimum Gasteiger partial charge on any atom is -0.288 e. The largest absolute Gasteiger partial charge is 0.350 e.